The number of rotatable bonds is 18. The topological polar surface area (TPSA) is 36.9 Å². The van der Waals surface area contributed by atoms with Crippen molar-refractivity contribution >= 4 is 11.6 Å². The van der Waals surface area contributed by atoms with E-state index < -0.39 is 24.6 Å². The fourth-order valence-electron chi connectivity index (χ4n) is 6.86. The molecule has 0 N–H and O–H groups in total. The maximum absolute atomic E-state index is 13.1. The van der Waals surface area contributed by atoms with Crippen LogP contribution in [0.5, 0.6) is 34.5 Å². The van der Waals surface area contributed by atoms with Crippen molar-refractivity contribution in [1.82, 2.24) is 0 Å². The summed E-state index contributed by atoms with van der Waals surface area (Å²) < 4.78 is 121. The summed E-state index contributed by atoms with van der Waals surface area (Å²) in [5, 5.41) is 0.639. The highest BCUT2D eigenvalue weighted by atomic mass is 35.5. The molecular formula is C51H49ClF8O4. The zero-order valence-corrected chi connectivity index (χ0v) is 36.5. The molecule has 0 aromatic heterocycles. The second-order valence-corrected chi connectivity index (χ2v) is 16.9. The molecule has 0 radical (unpaired) electrons. The zero-order valence-electron chi connectivity index (χ0n) is 35.7. The Labute approximate surface area is 373 Å². The van der Waals surface area contributed by atoms with Gasteiger partial charge in [-0.05, 0) is 163 Å². The lowest BCUT2D eigenvalue weighted by molar-refractivity contribution is -0.360. The van der Waals surface area contributed by atoms with E-state index in [0.717, 1.165) is 73.1 Å². The molecule has 13 heteroatoms. The van der Waals surface area contributed by atoms with Gasteiger partial charge in [0.15, 0.2) is 0 Å². The molecule has 0 saturated heterocycles. The van der Waals surface area contributed by atoms with Gasteiger partial charge in [0.05, 0.1) is 0 Å². The van der Waals surface area contributed by atoms with Gasteiger partial charge in [-0.25, -0.2) is 4.39 Å². The summed E-state index contributed by atoms with van der Waals surface area (Å²) in [6.07, 6.45) is -5.87. The summed E-state index contributed by atoms with van der Waals surface area (Å²) in [4.78, 5) is 0. The van der Waals surface area contributed by atoms with Crippen molar-refractivity contribution in [2.24, 2.45) is 0 Å². The molecule has 0 aliphatic rings. The minimum Gasteiger partial charge on any atom is -0.457 e. The van der Waals surface area contributed by atoms with Crippen LogP contribution in [0.15, 0.2) is 146 Å². The van der Waals surface area contributed by atoms with E-state index >= 15 is 0 Å². The number of hydrogen-bond acceptors (Lipinski definition) is 4. The monoisotopic (exact) mass is 912 g/mol. The van der Waals surface area contributed by atoms with Gasteiger partial charge in [-0.15, -0.1) is 0 Å². The van der Waals surface area contributed by atoms with Gasteiger partial charge in [0, 0.05) is 5.02 Å². The second-order valence-electron chi connectivity index (χ2n) is 16.4. The highest BCUT2D eigenvalue weighted by Crippen LogP contribution is 2.39. The molecule has 340 valence electrons. The van der Waals surface area contributed by atoms with Crippen LogP contribution in [0.4, 0.5) is 35.1 Å². The molecule has 0 aliphatic carbocycles. The van der Waals surface area contributed by atoms with E-state index in [9.17, 15) is 35.1 Å². The van der Waals surface area contributed by atoms with Gasteiger partial charge in [-0.3, -0.25) is 0 Å². The van der Waals surface area contributed by atoms with Crippen LogP contribution in [0, 0.1) is 5.82 Å². The molecule has 64 heavy (non-hydrogen) atoms. The lowest BCUT2D eigenvalue weighted by Crippen LogP contribution is -2.41. The highest BCUT2D eigenvalue weighted by Gasteiger charge is 2.61. The molecule has 0 saturated carbocycles. The molecule has 0 fully saturated rings. The van der Waals surface area contributed by atoms with Crippen LogP contribution in [0.1, 0.15) is 75.6 Å². The molecule has 0 bridgehead atoms. The van der Waals surface area contributed by atoms with Crippen LogP contribution >= 0.6 is 11.6 Å². The second kappa shape index (κ2) is 21.8. The van der Waals surface area contributed by atoms with E-state index in [2.05, 4.69) is 29.4 Å². The Hall–Kier alpha value is -5.75. The van der Waals surface area contributed by atoms with Crippen molar-refractivity contribution < 1.29 is 54.1 Å². The first-order valence-corrected chi connectivity index (χ1v) is 20.9. The van der Waals surface area contributed by atoms with Crippen molar-refractivity contribution in [3.8, 4) is 34.5 Å². The summed E-state index contributed by atoms with van der Waals surface area (Å²) in [7, 11) is 0. The highest BCUT2D eigenvalue weighted by molar-refractivity contribution is 6.30. The van der Waals surface area contributed by atoms with Crippen molar-refractivity contribution in [3.63, 3.8) is 0 Å². The first kappa shape index (κ1) is 49.3. The van der Waals surface area contributed by atoms with E-state index in [0.29, 0.717) is 22.3 Å². The third kappa shape index (κ3) is 15.2. The Morgan fingerprint density at radius 3 is 1.38 bits per heavy atom. The summed E-state index contributed by atoms with van der Waals surface area (Å²) in [6, 6.07) is 40.8. The predicted molar refractivity (Wildman–Crippen MR) is 234 cm³/mol. The number of aryl methyl sites for hydroxylation is 2. The maximum atomic E-state index is 13.1. The first-order valence-electron chi connectivity index (χ1n) is 20.5. The van der Waals surface area contributed by atoms with Crippen molar-refractivity contribution in [3.05, 3.63) is 179 Å². The molecule has 0 aliphatic heterocycles. The third-order valence-electron chi connectivity index (χ3n) is 10.5. The van der Waals surface area contributed by atoms with Crippen LogP contribution in [0.3, 0.4) is 0 Å². The Balaban J connectivity index is 0.000000243. The normalized spacial score (nSPS) is 12.0. The Morgan fingerprint density at radius 2 is 0.922 bits per heavy atom. The molecule has 0 amide bonds. The SMILES string of the molecule is CC(C)(CCCc1cccc(Oc2ccc(F)cc2)c1)c1ccc(OC(F)(F)C(F)(F)F)cc1.CC(C)(CCCc1cccc(Oc2cccc(Cl)c2)c1)c1ccc(OC(F)F)cc1. The smallest absolute Gasteiger partial charge is 0.457 e. The summed E-state index contributed by atoms with van der Waals surface area (Å²) in [6.45, 7) is 5.47. The van der Waals surface area contributed by atoms with Gasteiger partial charge in [0.25, 0.3) is 0 Å². The van der Waals surface area contributed by atoms with Crippen LogP contribution < -0.4 is 18.9 Å². The maximum Gasteiger partial charge on any atom is 0.499 e. The number of ether oxygens (including phenoxy) is 4. The Kier molecular flexibility index (Phi) is 16.7. The van der Waals surface area contributed by atoms with Gasteiger partial charge in [0.1, 0.15) is 40.3 Å². The largest absolute Gasteiger partial charge is 0.499 e. The average molecular weight is 913 g/mol. The van der Waals surface area contributed by atoms with Crippen LogP contribution in [-0.4, -0.2) is 18.9 Å². The predicted octanol–water partition coefficient (Wildman–Crippen LogP) is 16.5. The van der Waals surface area contributed by atoms with E-state index in [1.54, 1.807) is 30.3 Å². The minimum atomic E-state index is -5.79. The minimum absolute atomic E-state index is 0.0712. The summed E-state index contributed by atoms with van der Waals surface area (Å²) >= 11 is 6.01. The molecule has 0 heterocycles. The lowest BCUT2D eigenvalue weighted by atomic mass is 9.80. The van der Waals surface area contributed by atoms with Gasteiger partial charge < -0.3 is 18.9 Å². The van der Waals surface area contributed by atoms with E-state index in [1.165, 1.54) is 29.8 Å². The Bertz CT molecular complexity index is 2370. The standard InChI is InChI=1S/C26H24F6O2.C25H25ClF2O2/c1-24(2,19-8-12-22(13-9-19)34-26(31,32)25(28,29)30)16-4-6-18-5-3-7-23(17-18)33-21-14-10-20(27)11-15-21;1-25(2,19-11-13-21(14-12-19)30-24(27)28)15-5-7-18-6-3-9-22(16-18)29-23-10-4-8-20(26)17-23/h3,5,7-15,17H,4,6,16H2,1-2H3;3-4,6,8-14,16-17,24H,5,7,15H2,1-2H3. The summed E-state index contributed by atoms with van der Waals surface area (Å²) in [5.74, 6) is 1.93. The average Bonchev–Trinajstić information content (AvgIpc) is 3.22. The van der Waals surface area contributed by atoms with Gasteiger partial charge >= 0.3 is 18.9 Å². The van der Waals surface area contributed by atoms with E-state index in [-0.39, 0.29) is 22.4 Å². The molecule has 0 unspecified atom stereocenters. The molecule has 4 nitrogen and oxygen atoms in total. The van der Waals surface area contributed by atoms with Gasteiger partial charge in [-0.2, -0.15) is 30.7 Å². The molecule has 0 spiro atoms. The van der Waals surface area contributed by atoms with E-state index in [4.69, 9.17) is 21.1 Å². The number of halogens is 9. The van der Waals surface area contributed by atoms with Crippen LogP contribution in [-0.2, 0) is 23.7 Å². The lowest BCUT2D eigenvalue weighted by Gasteiger charge is -2.26. The molecule has 6 aromatic rings. The van der Waals surface area contributed by atoms with Gasteiger partial charge in [-0.1, -0.05) is 93.9 Å². The molecule has 6 rings (SSSR count). The fraction of sp³-hybridized carbons (Fsp3) is 0.294. The van der Waals surface area contributed by atoms with Crippen LogP contribution in [0.2, 0.25) is 5.02 Å². The van der Waals surface area contributed by atoms with Crippen molar-refractivity contribution in [2.45, 2.75) is 95.9 Å². The van der Waals surface area contributed by atoms with Crippen molar-refractivity contribution in [2.75, 3.05) is 0 Å². The Morgan fingerprint density at radius 1 is 0.500 bits per heavy atom. The van der Waals surface area contributed by atoms with E-state index in [1.807, 2.05) is 86.6 Å². The summed E-state index contributed by atoms with van der Waals surface area (Å²) in [5.41, 5.74) is 3.73. The number of benzene rings is 6. The number of hydrogen-bond donors (Lipinski definition) is 0. The zero-order chi connectivity index (χ0) is 46.5. The fourth-order valence-corrected chi connectivity index (χ4v) is 7.04. The quantitative estimate of drug-likeness (QED) is 0.0805. The first-order chi connectivity index (χ1) is 30.2. The molecule has 6 aromatic carbocycles. The third-order valence-corrected chi connectivity index (χ3v) is 10.7. The molecular weight excluding hydrogens is 864 g/mol. The number of alkyl halides is 7. The van der Waals surface area contributed by atoms with Crippen molar-refractivity contribution in [1.29, 1.82) is 0 Å². The molecule has 0 atom stereocenters. The van der Waals surface area contributed by atoms with Gasteiger partial charge in [0.2, 0.25) is 0 Å². The van der Waals surface area contributed by atoms with Crippen LogP contribution in [0.25, 0.3) is 0 Å².